The van der Waals surface area contributed by atoms with Crippen LogP contribution in [-0.4, -0.2) is 15.2 Å². The van der Waals surface area contributed by atoms with Crippen molar-refractivity contribution in [1.82, 2.24) is 4.98 Å². The van der Waals surface area contributed by atoms with Gasteiger partial charge in [0.15, 0.2) is 0 Å². The molecule has 0 atom stereocenters. The molecule has 0 aromatic carbocycles. The average molecular weight is 261 g/mol. The SMILES string of the molecule is O=C(CI)Cc1ccccn1. The first-order valence-corrected chi connectivity index (χ1v) is 4.83. The van der Waals surface area contributed by atoms with E-state index in [9.17, 15) is 4.79 Å². The summed E-state index contributed by atoms with van der Waals surface area (Å²) in [5.74, 6) is 0.226. The van der Waals surface area contributed by atoms with Crippen LogP contribution in [0.25, 0.3) is 0 Å². The predicted octanol–water partition coefficient (Wildman–Crippen LogP) is 1.63. The van der Waals surface area contributed by atoms with E-state index >= 15 is 0 Å². The molecule has 0 aliphatic carbocycles. The van der Waals surface area contributed by atoms with E-state index in [1.165, 1.54) is 0 Å². The number of rotatable bonds is 3. The number of pyridine rings is 1. The third-order valence-electron chi connectivity index (χ3n) is 1.25. The fourth-order valence-electron chi connectivity index (χ4n) is 0.752. The molecule has 1 heterocycles. The summed E-state index contributed by atoms with van der Waals surface area (Å²) < 4.78 is 0.564. The Labute approximate surface area is 79.2 Å². The topological polar surface area (TPSA) is 30.0 Å². The predicted molar refractivity (Wildman–Crippen MR) is 51.8 cm³/mol. The monoisotopic (exact) mass is 261 g/mol. The summed E-state index contributed by atoms with van der Waals surface area (Å²) in [7, 11) is 0. The smallest absolute Gasteiger partial charge is 0.148 e. The number of hydrogen-bond acceptors (Lipinski definition) is 2. The quantitative estimate of drug-likeness (QED) is 0.611. The molecule has 0 radical (unpaired) electrons. The van der Waals surface area contributed by atoms with E-state index in [-0.39, 0.29) is 5.78 Å². The molecule has 1 aromatic heterocycles. The third-order valence-corrected chi connectivity index (χ3v) is 2.10. The Morgan fingerprint density at radius 2 is 2.36 bits per heavy atom. The molecular formula is C8H8INO. The van der Waals surface area contributed by atoms with Gasteiger partial charge in [-0.15, -0.1) is 0 Å². The summed E-state index contributed by atoms with van der Waals surface area (Å²) in [6.45, 7) is 0. The molecule has 0 N–H and O–H groups in total. The Bertz CT molecular complexity index is 235. The summed E-state index contributed by atoms with van der Waals surface area (Å²) in [5.41, 5.74) is 0.856. The summed E-state index contributed by atoms with van der Waals surface area (Å²) in [5, 5.41) is 0. The van der Waals surface area contributed by atoms with Crippen LogP contribution < -0.4 is 0 Å². The molecule has 11 heavy (non-hydrogen) atoms. The number of ketones is 1. The Morgan fingerprint density at radius 3 is 2.91 bits per heavy atom. The maximum atomic E-state index is 10.9. The Balaban J connectivity index is 2.58. The molecule has 0 fully saturated rings. The second kappa shape index (κ2) is 4.43. The molecule has 0 unspecified atom stereocenters. The first-order valence-electron chi connectivity index (χ1n) is 3.30. The number of alkyl halides is 1. The molecule has 0 aliphatic heterocycles. The standard InChI is InChI=1S/C8H8INO/c9-6-8(11)5-7-3-1-2-4-10-7/h1-4H,5-6H2. The lowest BCUT2D eigenvalue weighted by Gasteiger charge is -1.94. The fourth-order valence-corrected chi connectivity index (χ4v) is 1.02. The molecule has 0 bridgehead atoms. The highest BCUT2D eigenvalue weighted by molar-refractivity contribution is 14.1. The molecule has 2 nitrogen and oxygen atoms in total. The highest BCUT2D eigenvalue weighted by atomic mass is 127. The van der Waals surface area contributed by atoms with E-state index in [1.807, 2.05) is 18.2 Å². The van der Waals surface area contributed by atoms with Crippen LogP contribution in [0, 0.1) is 0 Å². The molecule has 58 valence electrons. The number of carbonyl (C=O) groups excluding carboxylic acids is 1. The second-order valence-corrected chi connectivity index (χ2v) is 2.93. The van der Waals surface area contributed by atoms with Gasteiger partial charge < -0.3 is 0 Å². The molecule has 1 aromatic rings. The molecule has 0 spiro atoms. The zero-order valence-corrected chi connectivity index (χ0v) is 8.11. The molecule has 0 saturated heterocycles. The van der Waals surface area contributed by atoms with Gasteiger partial charge in [0, 0.05) is 18.3 Å². The number of halogens is 1. The van der Waals surface area contributed by atoms with E-state index in [4.69, 9.17) is 0 Å². The van der Waals surface area contributed by atoms with Crippen molar-refractivity contribution < 1.29 is 4.79 Å². The van der Waals surface area contributed by atoms with Gasteiger partial charge in [-0.05, 0) is 12.1 Å². The fraction of sp³-hybridized carbons (Fsp3) is 0.250. The van der Waals surface area contributed by atoms with E-state index in [0.29, 0.717) is 10.8 Å². The minimum Gasteiger partial charge on any atom is -0.298 e. The van der Waals surface area contributed by atoms with Crippen molar-refractivity contribution >= 4 is 28.4 Å². The van der Waals surface area contributed by atoms with Crippen molar-refractivity contribution in [3.05, 3.63) is 30.1 Å². The van der Waals surface area contributed by atoms with Crippen LogP contribution >= 0.6 is 22.6 Å². The first kappa shape index (κ1) is 8.64. The zero-order chi connectivity index (χ0) is 8.10. The minimum absolute atomic E-state index is 0.226. The third kappa shape index (κ3) is 2.96. The highest BCUT2D eigenvalue weighted by Gasteiger charge is 2.00. The van der Waals surface area contributed by atoms with Crippen LogP contribution in [-0.2, 0) is 11.2 Å². The largest absolute Gasteiger partial charge is 0.298 e. The van der Waals surface area contributed by atoms with E-state index in [0.717, 1.165) is 5.69 Å². The van der Waals surface area contributed by atoms with Crippen LogP contribution in [0.4, 0.5) is 0 Å². The van der Waals surface area contributed by atoms with Crippen LogP contribution in [0.3, 0.4) is 0 Å². The Morgan fingerprint density at radius 1 is 1.55 bits per heavy atom. The van der Waals surface area contributed by atoms with Crippen molar-refractivity contribution in [2.24, 2.45) is 0 Å². The van der Waals surface area contributed by atoms with Crippen LogP contribution in [0.2, 0.25) is 0 Å². The Kier molecular flexibility index (Phi) is 3.48. The summed E-state index contributed by atoms with van der Waals surface area (Å²) >= 11 is 2.06. The normalized spacial score (nSPS) is 9.55. The van der Waals surface area contributed by atoms with Gasteiger partial charge in [0.1, 0.15) is 5.78 Å². The van der Waals surface area contributed by atoms with E-state index in [2.05, 4.69) is 27.6 Å². The van der Waals surface area contributed by atoms with Crippen LogP contribution in [0.1, 0.15) is 5.69 Å². The van der Waals surface area contributed by atoms with Crippen molar-refractivity contribution in [3.8, 4) is 0 Å². The van der Waals surface area contributed by atoms with Crippen LogP contribution in [0.5, 0.6) is 0 Å². The van der Waals surface area contributed by atoms with E-state index < -0.39 is 0 Å². The molecule has 3 heteroatoms. The number of hydrogen-bond donors (Lipinski definition) is 0. The summed E-state index contributed by atoms with van der Waals surface area (Å²) in [6.07, 6.45) is 2.17. The Hall–Kier alpha value is -0.450. The van der Waals surface area contributed by atoms with Crippen molar-refractivity contribution in [2.45, 2.75) is 6.42 Å². The minimum atomic E-state index is 0.226. The van der Waals surface area contributed by atoms with Gasteiger partial charge in [0.05, 0.1) is 4.43 Å². The maximum Gasteiger partial charge on any atom is 0.148 e. The van der Waals surface area contributed by atoms with Crippen molar-refractivity contribution in [1.29, 1.82) is 0 Å². The molecule has 0 aliphatic rings. The summed E-state index contributed by atoms with van der Waals surface area (Å²) in [6, 6.07) is 5.60. The molecular weight excluding hydrogens is 253 g/mol. The van der Waals surface area contributed by atoms with Crippen molar-refractivity contribution in [2.75, 3.05) is 4.43 Å². The summed E-state index contributed by atoms with van der Waals surface area (Å²) in [4.78, 5) is 15.0. The number of nitrogens with zero attached hydrogens (tertiary/aromatic N) is 1. The van der Waals surface area contributed by atoms with Gasteiger partial charge in [0.2, 0.25) is 0 Å². The molecule has 1 rings (SSSR count). The number of carbonyl (C=O) groups is 1. The second-order valence-electron chi connectivity index (χ2n) is 2.17. The zero-order valence-electron chi connectivity index (χ0n) is 5.96. The first-order chi connectivity index (χ1) is 5.33. The molecule has 0 amide bonds. The maximum absolute atomic E-state index is 10.9. The van der Waals surface area contributed by atoms with Gasteiger partial charge >= 0.3 is 0 Å². The van der Waals surface area contributed by atoms with Gasteiger partial charge in [-0.25, -0.2) is 0 Å². The van der Waals surface area contributed by atoms with Gasteiger partial charge in [0.25, 0.3) is 0 Å². The number of Topliss-reactive ketones (excluding diaryl/α,β-unsaturated/α-hetero) is 1. The van der Waals surface area contributed by atoms with Crippen molar-refractivity contribution in [3.63, 3.8) is 0 Å². The number of aromatic nitrogens is 1. The van der Waals surface area contributed by atoms with Gasteiger partial charge in [-0.2, -0.15) is 0 Å². The lowest BCUT2D eigenvalue weighted by Crippen LogP contribution is -2.04. The lowest BCUT2D eigenvalue weighted by molar-refractivity contribution is -0.115. The molecule has 0 saturated carbocycles. The van der Waals surface area contributed by atoms with Gasteiger partial charge in [-0.1, -0.05) is 28.7 Å². The highest BCUT2D eigenvalue weighted by Crippen LogP contribution is 1.97. The lowest BCUT2D eigenvalue weighted by atomic mass is 10.2. The average Bonchev–Trinajstić information content (AvgIpc) is 2.06. The van der Waals surface area contributed by atoms with Crippen LogP contribution in [0.15, 0.2) is 24.4 Å². The van der Waals surface area contributed by atoms with Gasteiger partial charge in [-0.3, -0.25) is 9.78 Å². The van der Waals surface area contributed by atoms with E-state index in [1.54, 1.807) is 6.20 Å².